The number of piperidine rings is 1. The average molecular weight is 565 g/mol. The Balaban J connectivity index is 1.39. The van der Waals surface area contributed by atoms with E-state index in [9.17, 15) is 14.4 Å². The van der Waals surface area contributed by atoms with Gasteiger partial charge in [-0.25, -0.2) is 9.80 Å². The van der Waals surface area contributed by atoms with Gasteiger partial charge in [-0.05, 0) is 48.7 Å². The lowest BCUT2D eigenvalue weighted by Gasteiger charge is -2.40. The van der Waals surface area contributed by atoms with Gasteiger partial charge in [0.15, 0.2) is 0 Å². The second kappa shape index (κ2) is 11.9. The number of nitrogens with one attached hydrogen (secondary N) is 3. The van der Waals surface area contributed by atoms with Gasteiger partial charge in [0.05, 0.1) is 6.61 Å². The minimum Gasteiger partial charge on any atom is -0.370 e. The number of carbonyl (C=O) groups is 3. The van der Waals surface area contributed by atoms with Crippen LogP contribution in [-0.4, -0.2) is 66.6 Å². The first-order valence-corrected chi connectivity index (χ1v) is 12.6. The maximum Gasteiger partial charge on any atom is 0.320 e. The van der Waals surface area contributed by atoms with E-state index in [4.69, 9.17) is 16.3 Å². The van der Waals surface area contributed by atoms with Crippen molar-refractivity contribution in [3.63, 3.8) is 0 Å². The lowest BCUT2D eigenvalue weighted by molar-refractivity contribution is -0.147. The largest absolute Gasteiger partial charge is 0.370 e. The molecule has 0 aromatic heterocycles. The molecule has 2 fully saturated rings. The smallest absolute Gasteiger partial charge is 0.320 e. The number of hydrogen-bond acceptors (Lipinski definition) is 5. The van der Waals surface area contributed by atoms with Crippen molar-refractivity contribution in [3.8, 4) is 0 Å². The first-order valence-electron chi connectivity index (χ1n) is 11.4. The van der Waals surface area contributed by atoms with Crippen LogP contribution in [0.15, 0.2) is 53.0 Å². The number of urea groups is 1. The second-order valence-corrected chi connectivity index (χ2v) is 9.68. The molecule has 4 rings (SSSR count). The number of carbonyl (C=O) groups excluding carboxylic acids is 3. The molecule has 0 aliphatic carbocycles. The third kappa shape index (κ3) is 6.72. The Bertz CT molecular complexity index is 1060. The molecule has 3 N–H and O–H groups in total. The molecule has 0 spiro atoms. The summed E-state index contributed by atoms with van der Waals surface area (Å²) >= 11 is 9.39. The fraction of sp³-hybridized carbons (Fsp3) is 0.375. The van der Waals surface area contributed by atoms with Crippen molar-refractivity contribution in [2.75, 3.05) is 38.2 Å². The van der Waals surface area contributed by atoms with E-state index >= 15 is 0 Å². The summed E-state index contributed by atoms with van der Waals surface area (Å²) in [4.78, 5) is 40.1. The molecule has 1 atom stereocenters. The molecule has 0 saturated carbocycles. The maximum atomic E-state index is 13.3. The topological polar surface area (TPSA) is 103 Å². The van der Waals surface area contributed by atoms with Gasteiger partial charge in [0.25, 0.3) is 5.91 Å². The summed E-state index contributed by atoms with van der Waals surface area (Å²) in [6.07, 6.45) is 1.49. The molecule has 186 valence electrons. The Kier molecular flexibility index (Phi) is 8.61. The van der Waals surface area contributed by atoms with Gasteiger partial charge in [0, 0.05) is 40.9 Å². The molecule has 0 radical (unpaired) electrons. The number of nitrogens with zero attached hydrogens (tertiary/aromatic N) is 2. The highest BCUT2D eigenvalue weighted by atomic mass is 79.9. The number of halogens is 2. The molecule has 2 heterocycles. The van der Waals surface area contributed by atoms with E-state index in [-0.39, 0.29) is 24.5 Å². The van der Waals surface area contributed by atoms with Crippen LogP contribution in [0, 0.1) is 0 Å². The van der Waals surface area contributed by atoms with Gasteiger partial charge in [0.2, 0.25) is 5.91 Å². The van der Waals surface area contributed by atoms with Crippen LogP contribution in [0.1, 0.15) is 24.4 Å². The van der Waals surface area contributed by atoms with Crippen LogP contribution in [-0.2, 0) is 14.3 Å². The lowest BCUT2D eigenvalue weighted by atomic mass is 10.0. The zero-order valence-corrected chi connectivity index (χ0v) is 21.3. The van der Waals surface area contributed by atoms with E-state index in [1.165, 1.54) is 0 Å². The highest BCUT2D eigenvalue weighted by Gasteiger charge is 2.32. The van der Waals surface area contributed by atoms with Crippen molar-refractivity contribution in [2.24, 2.45) is 0 Å². The van der Waals surface area contributed by atoms with Crippen LogP contribution in [0.3, 0.4) is 0 Å². The summed E-state index contributed by atoms with van der Waals surface area (Å²) in [5, 5.41) is 7.90. The van der Waals surface area contributed by atoms with Crippen LogP contribution in [0.25, 0.3) is 0 Å². The van der Waals surface area contributed by atoms with Crippen molar-refractivity contribution in [2.45, 2.75) is 24.9 Å². The minimum absolute atomic E-state index is 0.0172. The number of ether oxygens (including phenoxy) is 1. The van der Waals surface area contributed by atoms with E-state index in [1.807, 2.05) is 28.1 Å². The normalized spacial score (nSPS) is 18.1. The van der Waals surface area contributed by atoms with Crippen molar-refractivity contribution < 1.29 is 19.1 Å². The van der Waals surface area contributed by atoms with Gasteiger partial charge in [-0.15, -0.1) is 0 Å². The molecule has 1 unspecified atom stereocenters. The zero-order valence-electron chi connectivity index (χ0n) is 19.0. The predicted molar refractivity (Wildman–Crippen MR) is 136 cm³/mol. The second-order valence-electron chi connectivity index (χ2n) is 8.39. The SMILES string of the molecule is O=C(Nc1ccc(Cl)cc1)NC(C(=O)NN1CCC(N2CCOCC2=O)CC1)c1ccccc1Br. The molecule has 2 saturated heterocycles. The molecule has 2 aromatic carbocycles. The summed E-state index contributed by atoms with van der Waals surface area (Å²) in [6.45, 7) is 2.49. The van der Waals surface area contributed by atoms with Gasteiger partial charge in [-0.2, -0.15) is 0 Å². The van der Waals surface area contributed by atoms with Gasteiger partial charge in [-0.1, -0.05) is 45.7 Å². The average Bonchev–Trinajstić information content (AvgIpc) is 2.85. The number of anilines is 1. The van der Waals surface area contributed by atoms with Crippen LogP contribution in [0.4, 0.5) is 10.5 Å². The molecule has 35 heavy (non-hydrogen) atoms. The first-order chi connectivity index (χ1) is 16.9. The Morgan fingerprint density at radius 2 is 1.77 bits per heavy atom. The summed E-state index contributed by atoms with van der Waals surface area (Å²) in [7, 11) is 0. The Labute approximate surface area is 217 Å². The number of hydrogen-bond donors (Lipinski definition) is 3. The number of amides is 4. The fourth-order valence-corrected chi connectivity index (χ4v) is 4.89. The third-order valence-corrected chi connectivity index (χ3v) is 7.03. The van der Waals surface area contributed by atoms with Gasteiger partial charge in [0.1, 0.15) is 12.6 Å². The Hall–Kier alpha value is -2.66. The number of rotatable bonds is 6. The molecule has 2 aromatic rings. The van der Waals surface area contributed by atoms with Crippen LogP contribution in [0.2, 0.25) is 5.02 Å². The van der Waals surface area contributed by atoms with Crippen molar-refractivity contribution in [1.82, 2.24) is 20.7 Å². The van der Waals surface area contributed by atoms with Crippen LogP contribution >= 0.6 is 27.5 Å². The first kappa shape index (κ1) is 25.4. The van der Waals surface area contributed by atoms with Gasteiger partial charge >= 0.3 is 6.03 Å². The van der Waals surface area contributed by atoms with Crippen LogP contribution in [0.5, 0.6) is 0 Å². The number of morpholine rings is 1. The standard InChI is InChI=1S/C24H27BrClN5O4/c25-20-4-2-1-3-19(20)22(28-24(34)27-17-7-5-16(26)6-8-17)23(33)29-30-11-9-18(10-12-30)31-13-14-35-15-21(31)32/h1-8,18,22H,9-15H2,(H,29,33)(H2,27,28,34). The molecular formula is C24H27BrClN5O4. The van der Waals surface area contributed by atoms with E-state index in [1.54, 1.807) is 30.3 Å². The van der Waals surface area contributed by atoms with Crippen molar-refractivity contribution >= 4 is 51.1 Å². The maximum absolute atomic E-state index is 13.3. The molecule has 2 aliphatic heterocycles. The fourth-order valence-electron chi connectivity index (χ4n) is 4.25. The Morgan fingerprint density at radius 1 is 1.06 bits per heavy atom. The molecule has 11 heteroatoms. The number of hydrazine groups is 1. The lowest BCUT2D eigenvalue weighted by Crippen LogP contribution is -2.56. The summed E-state index contributed by atoms with van der Waals surface area (Å²) in [5.74, 6) is -0.340. The molecule has 9 nitrogen and oxygen atoms in total. The van der Waals surface area contributed by atoms with E-state index in [0.29, 0.717) is 47.0 Å². The van der Waals surface area contributed by atoms with Gasteiger partial charge in [-0.3, -0.25) is 15.0 Å². The third-order valence-electron chi connectivity index (χ3n) is 6.05. The van der Waals surface area contributed by atoms with Crippen molar-refractivity contribution in [1.29, 1.82) is 0 Å². The quantitative estimate of drug-likeness (QED) is 0.500. The highest BCUT2D eigenvalue weighted by Crippen LogP contribution is 2.25. The van der Waals surface area contributed by atoms with Gasteiger partial charge < -0.3 is 20.3 Å². The molecular weight excluding hydrogens is 538 g/mol. The minimum atomic E-state index is -0.934. The van der Waals surface area contributed by atoms with E-state index in [0.717, 1.165) is 12.8 Å². The molecule has 0 bridgehead atoms. The van der Waals surface area contributed by atoms with E-state index < -0.39 is 12.1 Å². The highest BCUT2D eigenvalue weighted by molar-refractivity contribution is 9.10. The summed E-state index contributed by atoms with van der Waals surface area (Å²) in [5.41, 5.74) is 4.12. The zero-order chi connectivity index (χ0) is 24.8. The molecule has 2 aliphatic rings. The van der Waals surface area contributed by atoms with E-state index in [2.05, 4.69) is 32.0 Å². The Morgan fingerprint density at radius 3 is 2.46 bits per heavy atom. The molecule has 4 amide bonds. The predicted octanol–water partition coefficient (Wildman–Crippen LogP) is 3.32. The number of benzene rings is 2. The van der Waals surface area contributed by atoms with Crippen LogP contribution < -0.4 is 16.1 Å². The van der Waals surface area contributed by atoms with Crippen molar-refractivity contribution in [3.05, 3.63) is 63.6 Å². The summed E-state index contributed by atoms with van der Waals surface area (Å²) < 4.78 is 5.93. The summed E-state index contributed by atoms with van der Waals surface area (Å²) in [6, 6.07) is 12.6. The monoisotopic (exact) mass is 563 g/mol.